The van der Waals surface area contributed by atoms with Gasteiger partial charge in [0.05, 0.1) is 19.3 Å². The smallest absolute Gasteiger partial charge is 0.317 e. The molecule has 0 saturated carbocycles. The average Bonchev–Trinajstić information content (AvgIpc) is 3.13. The fourth-order valence-corrected chi connectivity index (χ4v) is 3.60. The maximum absolute atomic E-state index is 12.5. The molecule has 7 nitrogen and oxygen atoms in total. The van der Waals surface area contributed by atoms with Gasteiger partial charge in [-0.15, -0.1) is 0 Å². The highest BCUT2D eigenvalue weighted by Crippen LogP contribution is 2.22. The van der Waals surface area contributed by atoms with Crippen LogP contribution in [-0.4, -0.2) is 72.0 Å². The summed E-state index contributed by atoms with van der Waals surface area (Å²) in [7, 11) is 2.18. The molecule has 1 atom stereocenters. The fraction of sp³-hybridized carbons (Fsp3) is 0.778. The molecular weight excluding hydrogens is 318 g/mol. The maximum atomic E-state index is 12.5. The Balaban J connectivity index is 1.42. The van der Waals surface area contributed by atoms with Crippen LogP contribution in [0, 0.1) is 5.92 Å². The summed E-state index contributed by atoms with van der Waals surface area (Å²) in [5.41, 5.74) is 1.05. The van der Waals surface area contributed by atoms with Crippen LogP contribution >= 0.6 is 0 Å². The average molecular weight is 349 g/mol. The van der Waals surface area contributed by atoms with E-state index in [4.69, 9.17) is 4.74 Å². The van der Waals surface area contributed by atoms with Crippen molar-refractivity contribution in [3.8, 4) is 0 Å². The van der Waals surface area contributed by atoms with Crippen LogP contribution in [0.1, 0.15) is 37.9 Å². The molecule has 0 aliphatic carbocycles. The molecular formula is C18H31N5O2. The molecule has 1 aromatic heterocycles. The van der Waals surface area contributed by atoms with Gasteiger partial charge in [-0.05, 0) is 52.2 Å². The number of morpholine rings is 1. The molecule has 2 amide bonds. The predicted molar refractivity (Wildman–Crippen MR) is 96.4 cm³/mol. The Morgan fingerprint density at radius 3 is 2.88 bits per heavy atom. The summed E-state index contributed by atoms with van der Waals surface area (Å²) in [4.78, 5) is 16.7. The lowest BCUT2D eigenvalue weighted by Gasteiger charge is -2.33. The van der Waals surface area contributed by atoms with E-state index in [0.717, 1.165) is 31.0 Å². The quantitative estimate of drug-likeness (QED) is 0.879. The lowest BCUT2D eigenvalue weighted by atomic mass is 9.94. The number of urea groups is 1. The summed E-state index contributed by atoms with van der Waals surface area (Å²) >= 11 is 0. The van der Waals surface area contributed by atoms with Gasteiger partial charge in [0.15, 0.2) is 0 Å². The van der Waals surface area contributed by atoms with Gasteiger partial charge in [0, 0.05) is 31.4 Å². The second kappa shape index (κ2) is 8.67. The van der Waals surface area contributed by atoms with Crippen molar-refractivity contribution in [2.24, 2.45) is 5.92 Å². The van der Waals surface area contributed by atoms with Gasteiger partial charge in [-0.1, -0.05) is 0 Å². The third kappa shape index (κ3) is 4.95. The molecule has 2 aliphatic rings. The van der Waals surface area contributed by atoms with Gasteiger partial charge in [0.1, 0.15) is 6.10 Å². The molecule has 0 radical (unpaired) electrons. The standard InChI is InChI=1S/C18H31N5O2/c1-3-23-13-16(12-20-23)17-14-22(10-11-25-17)18(24)19-7-4-15-5-8-21(2)9-6-15/h12-13,15,17H,3-11,14H2,1-2H3,(H,19,24)/t17-/m0/s1. The normalized spacial score (nSPS) is 23.0. The number of hydrogen-bond acceptors (Lipinski definition) is 4. The number of rotatable bonds is 5. The molecule has 3 rings (SSSR count). The second-order valence-corrected chi connectivity index (χ2v) is 7.20. The lowest BCUT2D eigenvalue weighted by molar-refractivity contribution is -0.0155. The van der Waals surface area contributed by atoms with Crippen LogP contribution in [0.2, 0.25) is 0 Å². The number of amides is 2. The van der Waals surface area contributed by atoms with Crippen LogP contribution in [0.5, 0.6) is 0 Å². The molecule has 3 heterocycles. The highest BCUT2D eigenvalue weighted by Gasteiger charge is 2.26. The zero-order chi connectivity index (χ0) is 17.6. The molecule has 2 saturated heterocycles. The lowest BCUT2D eigenvalue weighted by Crippen LogP contribution is -2.47. The van der Waals surface area contributed by atoms with Crippen LogP contribution in [-0.2, 0) is 11.3 Å². The Bertz CT molecular complexity index is 553. The van der Waals surface area contributed by atoms with Crippen molar-refractivity contribution in [2.45, 2.75) is 38.8 Å². The number of aromatic nitrogens is 2. The number of piperidine rings is 1. The van der Waals surface area contributed by atoms with Crippen molar-refractivity contribution in [1.29, 1.82) is 0 Å². The van der Waals surface area contributed by atoms with Crippen LogP contribution in [0.4, 0.5) is 4.79 Å². The van der Waals surface area contributed by atoms with E-state index < -0.39 is 0 Å². The van der Waals surface area contributed by atoms with E-state index in [2.05, 4.69) is 29.3 Å². The van der Waals surface area contributed by atoms with Crippen LogP contribution < -0.4 is 5.32 Å². The Kier molecular flexibility index (Phi) is 6.31. The van der Waals surface area contributed by atoms with E-state index in [-0.39, 0.29) is 12.1 Å². The molecule has 2 fully saturated rings. The topological polar surface area (TPSA) is 62.6 Å². The number of carbonyl (C=O) groups excluding carboxylic acids is 1. The number of nitrogens with zero attached hydrogens (tertiary/aromatic N) is 4. The van der Waals surface area contributed by atoms with Gasteiger partial charge in [0.25, 0.3) is 0 Å². The van der Waals surface area contributed by atoms with Crippen molar-refractivity contribution >= 4 is 6.03 Å². The molecule has 2 aliphatic heterocycles. The van der Waals surface area contributed by atoms with E-state index in [0.29, 0.717) is 19.7 Å². The summed E-state index contributed by atoms with van der Waals surface area (Å²) < 4.78 is 7.72. The van der Waals surface area contributed by atoms with Gasteiger partial charge in [-0.25, -0.2) is 4.79 Å². The van der Waals surface area contributed by atoms with Gasteiger partial charge < -0.3 is 19.9 Å². The zero-order valence-corrected chi connectivity index (χ0v) is 15.5. The fourth-order valence-electron chi connectivity index (χ4n) is 3.60. The van der Waals surface area contributed by atoms with Crippen LogP contribution in [0.15, 0.2) is 12.4 Å². The highest BCUT2D eigenvalue weighted by molar-refractivity contribution is 5.74. The number of carbonyl (C=O) groups is 1. The minimum atomic E-state index is -0.0753. The van der Waals surface area contributed by atoms with E-state index >= 15 is 0 Å². The van der Waals surface area contributed by atoms with Crippen molar-refractivity contribution in [2.75, 3.05) is 46.4 Å². The van der Waals surface area contributed by atoms with Gasteiger partial charge in [-0.3, -0.25) is 4.68 Å². The Hall–Kier alpha value is -1.60. The van der Waals surface area contributed by atoms with Crippen molar-refractivity contribution < 1.29 is 9.53 Å². The number of ether oxygens (including phenoxy) is 1. The van der Waals surface area contributed by atoms with Gasteiger partial charge in [-0.2, -0.15) is 5.10 Å². The first kappa shape index (κ1) is 18.2. The summed E-state index contributed by atoms with van der Waals surface area (Å²) in [5, 5.41) is 7.40. The third-order valence-corrected chi connectivity index (χ3v) is 5.37. The SMILES string of the molecule is CCn1cc([C@@H]2CN(C(=O)NCCC3CCN(C)CC3)CCO2)cn1. The molecule has 7 heteroatoms. The summed E-state index contributed by atoms with van der Waals surface area (Å²) in [5.74, 6) is 0.744. The number of nitrogens with one attached hydrogen (secondary N) is 1. The van der Waals surface area contributed by atoms with Crippen LogP contribution in [0.25, 0.3) is 0 Å². The molecule has 1 N–H and O–H groups in total. The first-order chi connectivity index (χ1) is 12.2. The number of likely N-dealkylation sites (tertiary alicyclic amines) is 1. The van der Waals surface area contributed by atoms with Crippen LogP contribution in [0.3, 0.4) is 0 Å². The first-order valence-corrected chi connectivity index (χ1v) is 9.51. The van der Waals surface area contributed by atoms with E-state index in [9.17, 15) is 4.79 Å². The molecule has 25 heavy (non-hydrogen) atoms. The Morgan fingerprint density at radius 1 is 1.36 bits per heavy atom. The van der Waals surface area contributed by atoms with E-state index in [1.165, 1.54) is 25.9 Å². The van der Waals surface area contributed by atoms with Crippen molar-refractivity contribution in [3.63, 3.8) is 0 Å². The van der Waals surface area contributed by atoms with E-state index in [1.54, 1.807) is 0 Å². The minimum absolute atomic E-state index is 0.0316. The Morgan fingerprint density at radius 2 is 2.16 bits per heavy atom. The number of hydrogen-bond donors (Lipinski definition) is 1. The van der Waals surface area contributed by atoms with E-state index in [1.807, 2.05) is 22.0 Å². The van der Waals surface area contributed by atoms with Crippen molar-refractivity contribution in [1.82, 2.24) is 24.9 Å². The third-order valence-electron chi connectivity index (χ3n) is 5.37. The maximum Gasteiger partial charge on any atom is 0.317 e. The van der Waals surface area contributed by atoms with Gasteiger partial charge >= 0.3 is 6.03 Å². The molecule has 140 valence electrons. The molecule has 1 aromatic rings. The zero-order valence-electron chi connectivity index (χ0n) is 15.5. The summed E-state index contributed by atoms with van der Waals surface area (Å²) in [6.07, 6.45) is 7.34. The predicted octanol–water partition coefficient (Wildman–Crippen LogP) is 1.72. The second-order valence-electron chi connectivity index (χ2n) is 7.20. The van der Waals surface area contributed by atoms with Crippen molar-refractivity contribution in [3.05, 3.63) is 18.0 Å². The summed E-state index contributed by atoms with van der Waals surface area (Å²) in [6, 6.07) is 0.0316. The highest BCUT2D eigenvalue weighted by atomic mass is 16.5. The minimum Gasteiger partial charge on any atom is -0.370 e. The number of aryl methyl sites for hydroxylation is 1. The first-order valence-electron chi connectivity index (χ1n) is 9.51. The summed E-state index contributed by atoms with van der Waals surface area (Å²) in [6.45, 7) is 7.84. The van der Waals surface area contributed by atoms with Gasteiger partial charge in [0.2, 0.25) is 0 Å². The molecule has 0 aromatic carbocycles. The Labute approximate surface area is 150 Å². The molecule has 0 unspecified atom stereocenters. The molecule has 0 bridgehead atoms. The molecule has 0 spiro atoms. The largest absolute Gasteiger partial charge is 0.370 e. The monoisotopic (exact) mass is 349 g/mol.